The summed E-state index contributed by atoms with van der Waals surface area (Å²) in [7, 11) is 1.59. The lowest BCUT2D eigenvalue weighted by molar-refractivity contribution is -0.121. The van der Waals surface area contributed by atoms with Crippen molar-refractivity contribution in [1.82, 2.24) is 5.32 Å². The summed E-state index contributed by atoms with van der Waals surface area (Å²) in [6.45, 7) is 1.08. The number of methoxy groups -OCH3 is 1. The lowest BCUT2D eigenvalue weighted by Gasteiger charge is -2.10. The zero-order valence-electron chi connectivity index (χ0n) is 11.2. The van der Waals surface area contributed by atoms with E-state index in [-0.39, 0.29) is 12.5 Å². The zero-order valence-corrected chi connectivity index (χ0v) is 11.2. The quantitative estimate of drug-likeness (QED) is 0.663. The van der Waals surface area contributed by atoms with E-state index in [0.717, 1.165) is 0 Å². The highest BCUT2D eigenvalue weighted by Gasteiger charge is 2.04. The monoisotopic (exact) mass is 267 g/mol. The maximum Gasteiger partial charge on any atom is 0.220 e. The first-order valence-corrected chi connectivity index (χ1v) is 6.41. The number of amides is 1. The number of rotatable bonds is 9. The minimum Gasteiger partial charge on any atom is -0.493 e. The molecule has 0 saturated heterocycles. The summed E-state index contributed by atoms with van der Waals surface area (Å²) in [5.41, 5.74) is 0. The first kappa shape index (κ1) is 15.3. The molecule has 0 aliphatic carbocycles. The van der Waals surface area contributed by atoms with E-state index in [9.17, 15) is 4.79 Å². The number of hydrogen-bond donors (Lipinski definition) is 2. The largest absolute Gasteiger partial charge is 0.493 e. The summed E-state index contributed by atoms with van der Waals surface area (Å²) in [6.07, 6.45) is 1.65. The lowest BCUT2D eigenvalue weighted by atomic mass is 10.3. The number of nitrogens with one attached hydrogen (secondary N) is 1. The maximum absolute atomic E-state index is 11.4. The smallest absolute Gasteiger partial charge is 0.220 e. The van der Waals surface area contributed by atoms with Gasteiger partial charge in [0.15, 0.2) is 11.5 Å². The van der Waals surface area contributed by atoms with E-state index in [2.05, 4.69) is 5.32 Å². The van der Waals surface area contributed by atoms with Crippen LogP contribution >= 0.6 is 0 Å². The van der Waals surface area contributed by atoms with Crippen molar-refractivity contribution in [3.63, 3.8) is 0 Å². The molecule has 5 heteroatoms. The summed E-state index contributed by atoms with van der Waals surface area (Å²) in [6, 6.07) is 7.41. The van der Waals surface area contributed by atoms with Gasteiger partial charge in [0.25, 0.3) is 0 Å². The van der Waals surface area contributed by atoms with Gasteiger partial charge in [-0.25, -0.2) is 0 Å². The molecule has 0 aromatic heterocycles. The van der Waals surface area contributed by atoms with Crippen LogP contribution in [0.4, 0.5) is 0 Å². The van der Waals surface area contributed by atoms with Crippen LogP contribution in [0.5, 0.6) is 11.5 Å². The van der Waals surface area contributed by atoms with Crippen LogP contribution in [-0.4, -0.2) is 37.9 Å². The molecule has 0 radical (unpaired) electrons. The highest BCUT2D eigenvalue weighted by Crippen LogP contribution is 2.25. The predicted octanol–water partition coefficient (Wildman–Crippen LogP) is 1.35. The SMILES string of the molecule is COc1ccccc1OCCCC(=O)NCCCO. The van der Waals surface area contributed by atoms with E-state index in [4.69, 9.17) is 14.6 Å². The fourth-order valence-electron chi connectivity index (χ4n) is 1.55. The van der Waals surface area contributed by atoms with Gasteiger partial charge in [-0.3, -0.25) is 4.79 Å². The van der Waals surface area contributed by atoms with Gasteiger partial charge in [-0.05, 0) is 25.0 Å². The van der Waals surface area contributed by atoms with Gasteiger partial charge in [-0.15, -0.1) is 0 Å². The molecule has 0 bridgehead atoms. The summed E-state index contributed by atoms with van der Waals surface area (Å²) in [4.78, 5) is 11.4. The molecule has 0 saturated carbocycles. The van der Waals surface area contributed by atoms with E-state index in [1.165, 1.54) is 0 Å². The molecule has 0 aliphatic heterocycles. The van der Waals surface area contributed by atoms with Gasteiger partial charge in [0.1, 0.15) is 0 Å². The van der Waals surface area contributed by atoms with E-state index in [0.29, 0.717) is 43.9 Å². The third-order valence-electron chi connectivity index (χ3n) is 2.53. The Kier molecular flexibility index (Phi) is 7.43. The van der Waals surface area contributed by atoms with Crippen LogP contribution in [0.2, 0.25) is 0 Å². The highest BCUT2D eigenvalue weighted by molar-refractivity contribution is 5.75. The van der Waals surface area contributed by atoms with E-state index >= 15 is 0 Å². The van der Waals surface area contributed by atoms with E-state index in [1.807, 2.05) is 24.3 Å². The minimum absolute atomic E-state index is 0.0166. The Balaban J connectivity index is 2.18. The number of hydrogen-bond acceptors (Lipinski definition) is 4. The number of aliphatic hydroxyl groups excluding tert-OH is 1. The Hall–Kier alpha value is -1.75. The van der Waals surface area contributed by atoms with Crippen molar-refractivity contribution < 1.29 is 19.4 Å². The van der Waals surface area contributed by atoms with Crippen LogP contribution in [0.3, 0.4) is 0 Å². The van der Waals surface area contributed by atoms with Crippen LogP contribution < -0.4 is 14.8 Å². The van der Waals surface area contributed by atoms with Gasteiger partial charge in [0, 0.05) is 19.6 Å². The third kappa shape index (κ3) is 6.10. The molecule has 0 heterocycles. The lowest BCUT2D eigenvalue weighted by Crippen LogP contribution is -2.25. The number of ether oxygens (including phenoxy) is 2. The normalized spacial score (nSPS) is 10.0. The van der Waals surface area contributed by atoms with Crippen molar-refractivity contribution in [1.29, 1.82) is 0 Å². The van der Waals surface area contributed by atoms with Gasteiger partial charge >= 0.3 is 0 Å². The van der Waals surface area contributed by atoms with Crippen molar-refractivity contribution in [3.05, 3.63) is 24.3 Å². The van der Waals surface area contributed by atoms with Crippen molar-refractivity contribution in [2.24, 2.45) is 0 Å². The Morgan fingerprint density at radius 2 is 2.00 bits per heavy atom. The molecule has 0 unspecified atom stereocenters. The third-order valence-corrected chi connectivity index (χ3v) is 2.53. The molecular weight excluding hydrogens is 246 g/mol. The standard InChI is InChI=1S/C14H21NO4/c1-18-12-6-2-3-7-13(12)19-11-4-8-14(17)15-9-5-10-16/h2-3,6-7,16H,4-5,8-11H2,1H3,(H,15,17). The molecule has 2 N–H and O–H groups in total. The predicted molar refractivity (Wildman–Crippen MR) is 72.4 cm³/mol. The van der Waals surface area contributed by atoms with Crippen molar-refractivity contribution in [2.75, 3.05) is 26.9 Å². The molecule has 1 aromatic carbocycles. The highest BCUT2D eigenvalue weighted by atomic mass is 16.5. The number of carbonyl (C=O) groups is 1. The Morgan fingerprint density at radius 1 is 1.26 bits per heavy atom. The molecule has 5 nitrogen and oxygen atoms in total. The molecule has 1 aromatic rings. The molecule has 0 atom stereocenters. The second-order valence-electron chi connectivity index (χ2n) is 4.03. The van der Waals surface area contributed by atoms with Gasteiger partial charge in [-0.2, -0.15) is 0 Å². The number of benzene rings is 1. The van der Waals surface area contributed by atoms with Crippen LogP contribution in [0.25, 0.3) is 0 Å². The van der Waals surface area contributed by atoms with Crippen LogP contribution in [-0.2, 0) is 4.79 Å². The molecule has 1 amide bonds. The second-order valence-corrected chi connectivity index (χ2v) is 4.03. The van der Waals surface area contributed by atoms with Crippen molar-refractivity contribution >= 4 is 5.91 Å². The van der Waals surface area contributed by atoms with Crippen LogP contribution in [0, 0.1) is 0 Å². The Morgan fingerprint density at radius 3 is 2.68 bits per heavy atom. The maximum atomic E-state index is 11.4. The topological polar surface area (TPSA) is 67.8 Å². The summed E-state index contributed by atoms with van der Waals surface area (Å²) in [5.74, 6) is 1.36. The first-order valence-electron chi connectivity index (χ1n) is 6.41. The summed E-state index contributed by atoms with van der Waals surface area (Å²) >= 11 is 0. The average molecular weight is 267 g/mol. The molecular formula is C14H21NO4. The number of para-hydroxylation sites is 2. The van der Waals surface area contributed by atoms with Gasteiger partial charge in [0.05, 0.1) is 13.7 Å². The van der Waals surface area contributed by atoms with Crippen LogP contribution in [0.1, 0.15) is 19.3 Å². The Labute approximate surface area is 113 Å². The van der Waals surface area contributed by atoms with Crippen molar-refractivity contribution in [2.45, 2.75) is 19.3 Å². The van der Waals surface area contributed by atoms with Crippen molar-refractivity contribution in [3.8, 4) is 11.5 Å². The molecule has 0 fully saturated rings. The van der Waals surface area contributed by atoms with Gasteiger partial charge in [0.2, 0.25) is 5.91 Å². The molecule has 19 heavy (non-hydrogen) atoms. The molecule has 0 spiro atoms. The minimum atomic E-state index is -0.0166. The molecule has 0 aliphatic rings. The fraction of sp³-hybridized carbons (Fsp3) is 0.500. The fourth-order valence-corrected chi connectivity index (χ4v) is 1.55. The second kappa shape index (κ2) is 9.22. The van der Waals surface area contributed by atoms with Crippen LogP contribution in [0.15, 0.2) is 24.3 Å². The van der Waals surface area contributed by atoms with Gasteiger partial charge in [-0.1, -0.05) is 12.1 Å². The molecule has 1 rings (SSSR count). The first-order chi connectivity index (χ1) is 9.27. The average Bonchev–Trinajstić information content (AvgIpc) is 2.44. The number of carbonyl (C=O) groups excluding carboxylic acids is 1. The van der Waals surface area contributed by atoms with Gasteiger partial charge < -0.3 is 19.9 Å². The number of aliphatic hydroxyl groups is 1. The Bertz CT molecular complexity index is 381. The zero-order chi connectivity index (χ0) is 13.9. The summed E-state index contributed by atoms with van der Waals surface area (Å²) < 4.78 is 10.7. The van der Waals surface area contributed by atoms with E-state index < -0.39 is 0 Å². The summed E-state index contributed by atoms with van der Waals surface area (Å²) in [5, 5.41) is 11.3. The molecule has 106 valence electrons. The van der Waals surface area contributed by atoms with E-state index in [1.54, 1.807) is 7.11 Å².